The first-order valence-corrected chi connectivity index (χ1v) is 7.37. The van der Waals surface area contributed by atoms with Gasteiger partial charge in [-0.1, -0.05) is 6.07 Å². The van der Waals surface area contributed by atoms with Crippen LogP contribution in [0.5, 0.6) is 28.7 Å². The van der Waals surface area contributed by atoms with Crippen molar-refractivity contribution in [3.05, 3.63) is 41.5 Å². The molecule has 0 spiro atoms. The number of aromatic hydroxyl groups is 1. The van der Waals surface area contributed by atoms with Gasteiger partial charge in [-0.3, -0.25) is 0 Å². The van der Waals surface area contributed by atoms with Gasteiger partial charge in [-0.05, 0) is 35.4 Å². The number of aliphatic hydroxyl groups is 1. The Labute approximate surface area is 161 Å². The van der Waals surface area contributed by atoms with Crippen LogP contribution in [0, 0.1) is 0 Å². The van der Waals surface area contributed by atoms with Gasteiger partial charge in [0, 0.05) is 6.42 Å². The van der Waals surface area contributed by atoms with Crippen LogP contribution >= 0.6 is 0 Å². The molecule has 2 rings (SSSR count). The summed E-state index contributed by atoms with van der Waals surface area (Å²) in [7, 11) is 6.06. The van der Waals surface area contributed by atoms with Crippen molar-refractivity contribution in [2.24, 2.45) is 0 Å². The van der Waals surface area contributed by atoms with Gasteiger partial charge in [0.2, 0.25) is 5.75 Å². The summed E-state index contributed by atoms with van der Waals surface area (Å²) in [6, 6.07) is 8.43. The number of rotatable bonds is 7. The van der Waals surface area contributed by atoms with Gasteiger partial charge in [0.05, 0.1) is 34.5 Å². The molecule has 0 radical (unpaired) electrons. The monoisotopic (exact) mass is 342 g/mol. The minimum absolute atomic E-state index is 0. The summed E-state index contributed by atoms with van der Waals surface area (Å²) in [6.45, 7) is 0. The first-order valence-electron chi connectivity index (χ1n) is 7.37. The van der Waals surface area contributed by atoms with E-state index in [1.54, 1.807) is 30.3 Å². The Balaban J connectivity index is 0.00000312. The van der Waals surface area contributed by atoms with Crippen LogP contribution in [0.25, 0.3) is 0 Å². The van der Waals surface area contributed by atoms with Gasteiger partial charge in [-0.25, -0.2) is 0 Å². The van der Waals surface area contributed by atoms with Crippen molar-refractivity contribution >= 4 is 0 Å². The molecule has 0 heterocycles. The van der Waals surface area contributed by atoms with E-state index in [2.05, 4.69) is 0 Å². The predicted molar refractivity (Wildman–Crippen MR) is 90.5 cm³/mol. The molecule has 2 aromatic carbocycles. The summed E-state index contributed by atoms with van der Waals surface area (Å²) in [4.78, 5) is 0. The van der Waals surface area contributed by atoms with Crippen molar-refractivity contribution in [1.82, 2.24) is 0 Å². The summed E-state index contributed by atoms with van der Waals surface area (Å²) in [5.74, 6) is 1.85. The molecule has 0 fully saturated rings. The van der Waals surface area contributed by atoms with Crippen LogP contribution in [-0.2, 0) is 6.42 Å². The van der Waals surface area contributed by atoms with E-state index in [0.717, 1.165) is 5.56 Å². The summed E-state index contributed by atoms with van der Waals surface area (Å²) in [5, 5.41) is 20.4. The molecular formula is C18H23LiO6. The van der Waals surface area contributed by atoms with Gasteiger partial charge in [0.1, 0.15) is 0 Å². The van der Waals surface area contributed by atoms with Gasteiger partial charge in [-0.2, -0.15) is 0 Å². The van der Waals surface area contributed by atoms with Crippen LogP contribution in [0.2, 0.25) is 0 Å². The molecule has 0 saturated heterocycles. The van der Waals surface area contributed by atoms with E-state index in [9.17, 15) is 10.2 Å². The van der Waals surface area contributed by atoms with Crippen LogP contribution in [0.4, 0.5) is 0 Å². The molecule has 0 unspecified atom stereocenters. The van der Waals surface area contributed by atoms with Gasteiger partial charge in [0.25, 0.3) is 0 Å². The van der Waals surface area contributed by atoms with E-state index >= 15 is 0 Å². The van der Waals surface area contributed by atoms with E-state index in [-0.39, 0.29) is 26.0 Å². The third-order valence-corrected chi connectivity index (χ3v) is 3.74. The largest absolute Gasteiger partial charge is 1.00 e. The second-order valence-electron chi connectivity index (χ2n) is 5.18. The molecule has 0 amide bonds. The van der Waals surface area contributed by atoms with Gasteiger partial charge >= 0.3 is 18.9 Å². The van der Waals surface area contributed by atoms with Crippen molar-refractivity contribution in [3.8, 4) is 28.7 Å². The number of phenols is 1. The first-order chi connectivity index (χ1) is 11.5. The summed E-state index contributed by atoms with van der Waals surface area (Å²) < 4.78 is 20.9. The molecular weight excluding hydrogens is 319 g/mol. The molecule has 25 heavy (non-hydrogen) atoms. The van der Waals surface area contributed by atoms with Crippen LogP contribution in [0.15, 0.2) is 30.3 Å². The van der Waals surface area contributed by atoms with Crippen molar-refractivity contribution in [2.45, 2.75) is 12.5 Å². The Kier molecular flexibility index (Phi) is 7.97. The Bertz CT molecular complexity index is 685. The van der Waals surface area contributed by atoms with Gasteiger partial charge in [-0.15, -0.1) is 0 Å². The topological polar surface area (TPSA) is 77.4 Å². The molecule has 0 aliphatic rings. The first kappa shape index (κ1) is 21.0. The number of methoxy groups -OCH3 is 4. The van der Waals surface area contributed by atoms with Crippen LogP contribution in [-0.4, -0.2) is 38.7 Å². The maximum absolute atomic E-state index is 10.5. The molecule has 0 aliphatic heterocycles. The fourth-order valence-electron chi connectivity index (χ4n) is 2.50. The molecule has 1 atom stereocenters. The number of aliphatic hydroxyl groups excluding tert-OH is 1. The van der Waals surface area contributed by atoms with Crippen molar-refractivity contribution < 1.29 is 49.4 Å². The average Bonchev–Trinajstić information content (AvgIpc) is 2.60. The molecule has 0 aromatic heterocycles. The van der Waals surface area contributed by atoms with Crippen LogP contribution < -0.4 is 37.8 Å². The summed E-state index contributed by atoms with van der Waals surface area (Å²) in [6.07, 6.45) is -0.484. The zero-order chi connectivity index (χ0) is 17.7. The standard InChI is InChI=1S/C18H22O6.Li.H/c1-21-15-6-5-11(8-14(15)20)7-13(19)12-9-16(22-2)18(24-4)17(10-12)23-3;;/h5-6,8-10,13,19-20H,7H2,1-4H3;;/q;+1;-1/t13-;;/m1../s1. The Morgan fingerprint density at radius 1 is 0.880 bits per heavy atom. The minimum Gasteiger partial charge on any atom is -1.00 e. The Morgan fingerprint density at radius 2 is 1.44 bits per heavy atom. The fraction of sp³-hybridized carbons (Fsp3) is 0.333. The molecule has 132 valence electrons. The zero-order valence-electron chi connectivity index (χ0n) is 16.2. The van der Waals surface area contributed by atoms with E-state index < -0.39 is 6.10 Å². The smallest absolute Gasteiger partial charge is 1.00 e. The fourth-order valence-corrected chi connectivity index (χ4v) is 2.50. The van der Waals surface area contributed by atoms with E-state index in [1.807, 2.05) is 0 Å². The third kappa shape index (κ3) is 4.76. The number of hydrogen-bond donors (Lipinski definition) is 2. The number of ether oxygens (including phenoxy) is 4. The second kappa shape index (κ2) is 9.47. The van der Waals surface area contributed by atoms with Crippen LogP contribution in [0.1, 0.15) is 18.7 Å². The SMILES string of the molecule is COc1ccc(C[C@@H](O)c2cc(OC)c(OC)c(OC)c2)cc1O.[H-].[Li+]. The van der Waals surface area contributed by atoms with E-state index in [1.165, 1.54) is 28.4 Å². The van der Waals surface area contributed by atoms with Crippen molar-refractivity contribution in [3.63, 3.8) is 0 Å². The maximum atomic E-state index is 10.5. The predicted octanol–water partition coefficient (Wildman–Crippen LogP) is -0.181. The molecule has 2 aromatic rings. The number of hydrogen-bond acceptors (Lipinski definition) is 6. The molecule has 0 bridgehead atoms. The molecule has 2 N–H and O–H groups in total. The molecule has 0 aliphatic carbocycles. The summed E-state index contributed by atoms with van der Waals surface area (Å²) >= 11 is 0. The normalized spacial score (nSPS) is 11.2. The second-order valence-corrected chi connectivity index (χ2v) is 5.18. The van der Waals surface area contributed by atoms with Crippen molar-refractivity contribution in [1.29, 1.82) is 0 Å². The molecule has 7 heteroatoms. The average molecular weight is 342 g/mol. The number of phenolic OH excluding ortho intramolecular Hbond substituents is 1. The zero-order valence-corrected chi connectivity index (χ0v) is 15.2. The van der Waals surface area contributed by atoms with Gasteiger partial charge < -0.3 is 30.6 Å². The van der Waals surface area contributed by atoms with E-state index in [4.69, 9.17) is 18.9 Å². The van der Waals surface area contributed by atoms with E-state index in [0.29, 0.717) is 35.0 Å². The Morgan fingerprint density at radius 3 is 1.88 bits per heavy atom. The molecule has 0 saturated carbocycles. The number of benzene rings is 2. The van der Waals surface area contributed by atoms with Gasteiger partial charge in [0.15, 0.2) is 23.0 Å². The third-order valence-electron chi connectivity index (χ3n) is 3.74. The Hall–Kier alpha value is -2.00. The minimum atomic E-state index is -0.800. The molecule has 6 nitrogen and oxygen atoms in total. The van der Waals surface area contributed by atoms with Crippen LogP contribution in [0.3, 0.4) is 0 Å². The van der Waals surface area contributed by atoms with Crippen molar-refractivity contribution in [2.75, 3.05) is 28.4 Å². The maximum Gasteiger partial charge on any atom is 1.00 e. The summed E-state index contributed by atoms with van der Waals surface area (Å²) in [5.41, 5.74) is 1.40. The quantitative estimate of drug-likeness (QED) is 0.680.